The van der Waals surface area contributed by atoms with Crippen LogP contribution in [0.15, 0.2) is 47.0 Å². The number of nitrogens with zero attached hydrogens (tertiary/aromatic N) is 2. The second kappa shape index (κ2) is 10.3. The third-order valence-corrected chi connectivity index (χ3v) is 4.76. The highest BCUT2D eigenvalue weighted by Crippen LogP contribution is 2.19. The van der Waals surface area contributed by atoms with Crippen molar-refractivity contribution in [2.75, 3.05) is 13.2 Å². The number of benzene rings is 1. The van der Waals surface area contributed by atoms with E-state index in [-0.39, 0.29) is 12.1 Å². The zero-order chi connectivity index (χ0) is 21.3. The number of hydrogen-bond acceptors (Lipinski definition) is 6. The van der Waals surface area contributed by atoms with Gasteiger partial charge in [0.25, 0.3) is 11.5 Å². The van der Waals surface area contributed by atoms with Crippen LogP contribution in [-0.2, 0) is 20.9 Å². The Kier molecular flexibility index (Phi) is 7.31. The minimum Gasteiger partial charge on any atom is -0.454 e. The van der Waals surface area contributed by atoms with Crippen molar-refractivity contribution in [3.8, 4) is 0 Å². The lowest BCUT2D eigenvalue weighted by atomic mass is 9.97. The lowest BCUT2D eigenvalue weighted by Gasteiger charge is -2.13. The first-order valence-electron chi connectivity index (χ1n) is 9.88. The van der Waals surface area contributed by atoms with Crippen molar-refractivity contribution < 1.29 is 19.1 Å². The molecule has 2 aromatic rings. The van der Waals surface area contributed by atoms with E-state index in [1.807, 2.05) is 0 Å². The zero-order valence-electron chi connectivity index (χ0n) is 16.6. The molecule has 0 atom stereocenters. The molecule has 9 nitrogen and oxygen atoms in total. The first-order chi connectivity index (χ1) is 14.5. The number of carbonyl (C=O) groups is 3. The number of urea groups is 1. The third-order valence-electron chi connectivity index (χ3n) is 4.76. The van der Waals surface area contributed by atoms with Gasteiger partial charge in [-0.2, -0.15) is 0 Å². The summed E-state index contributed by atoms with van der Waals surface area (Å²) in [6.07, 6.45) is 8.71. The van der Waals surface area contributed by atoms with Crippen LogP contribution in [0.1, 0.15) is 32.1 Å². The monoisotopic (exact) mass is 412 g/mol. The van der Waals surface area contributed by atoms with Crippen LogP contribution in [-0.4, -0.2) is 40.6 Å². The van der Waals surface area contributed by atoms with Gasteiger partial charge in [-0.1, -0.05) is 23.8 Å². The molecule has 1 aromatic heterocycles. The van der Waals surface area contributed by atoms with E-state index in [1.165, 1.54) is 24.7 Å². The molecular weight excluding hydrogens is 388 g/mol. The van der Waals surface area contributed by atoms with Crippen molar-refractivity contribution in [3.63, 3.8) is 0 Å². The Hall–Kier alpha value is -3.49. The molecule has 9 heteroatoms. The van der Waals surface area contributed by atoms with Crippen LogP contribution in [0.4, 0.5) is 4.79 Å². The number of hydrogen-bond donors (Lipinski definition) is 2. The van der Waals surface area contributed by atoms with Crippen molar-refractivity contribution in [2.45, 2.75) is 38.6 Å². The van der Waals surface area contributed by atoms with Gasteiger partial charge < -0.3 is 10.1 Å². The molecule has 0 spiro atoms. The van der Waals surface area contributed by atoms with Crippen LogP contribution in [0.5, 0.6) is 0 Å². The first kappa shape index (κ1) is 21.2. The zero-order valence-corrected chi connectivity index (χ0v) is 16.6. The molecule has 0 saturated heterocycles. The molecule has 1 aromatic carbocycles. The predicted molar refractivity (Wildman–Crippen MR) is 110 cm³/mol. The van der Waals surface area contributed by atoms with Crippen molar-refractivity contribution in [1.82, 2.24) is 20.2 Å². The summed E-state index contributed by atoms with van der Waals surface area (Å²) in [5.74, 6) is -1.53. The second-order valence-corrected chi connectivity index (χ2v) is 7.02. The smallest absolute Gasteiger partial charge is 0.326 e. The summed E-state index contributed by atoms with van der Waals surface area (Å²) in [7, 11) is 0. The van der Waals surface area contributed by atoms with Crippen LogP contribution in [0, 0.1) is 0 Å². The van der Waals surface area contributed by atoms with Crippen LogP contribution in [0.2, 0.25) is 0 Å². The van der Waals surface area contributed by atoms with E-state index in [9.17, 15) is 19.2 Å². The van der Waals surface area contributed by atoms with Gasteiger partial charge >= 0.3 is 12.0 Å². The van der Waals surface area contributed by atoms with Gasteiger partial charge in [0.15, 0.2) is 6.61 Å². The fourth-order valence-electron chi connectivity index (χ4n) is 3.22. The molecule has 158 valence electrons. The Bertz CT molecular complexity index is 1030. The molecular formula is C21H24N4O5. The number of ether oxygens (including phenoxy) is 1. The quantitative estimate of drug-likeness (QED) is 0.527. The molecule has 0 saturated carbocycles. The largest absolute Gasteiger partial charge is 0.454 e. The third kappa shape index (κ3) is 6.00. The maximum atomic E-state index is 12.3. The maximum Gasteiger partial charge on any atom is 0.326 e. The molecule has 3 rings (SSSR count). The molecule has 0 aliphatic heterocycles. The van der Waals surface area contributed by atoms with Gasteiger partial charge in [0.05, 0.1) is 17.2 Å². The number of carbonyl (C=O) groups excluding carboxylic acids is 3. The number of imide groups is 1. The van der Waals surface area contributed by atoms with E-state index in [4.69, 9.17) is 4.74 Å². The van der Waals surface area contributed by atoms with Gasteiger partial charge in [0.1, 0.15) is 6.54 Å². The number of aromatic nitrogens is 2. The van der Waals surface area contributed by atoms with Gasteiger partial charge in [-0.25, -0.2) is 9.78 Å². The van der Waals surface area contributed by atoms with E-state index in [0.717, 1.165) is 23.8 Å². The van der Waals surface area contributed by atoms with Gasteiger partial charge in [-0.05, 0) is 44.2 Å². The second-order valence-electron chi connectivity index (χ2n) is 7.02. The number of amides is 3. The number of para-hydroxylation sites is 1. The summed E-state index contributed by atoms with van der Waals surface area (Å²) < 4.78 is 5.95. The highest BCUT2D eigenvalue weighted by atomic mass is 16.5. The average Bonchev–Trinajstić information content (AvgIpc) is 2.75. The minimum atomic E-state index is -0.783. The number of nitrogens with one attached hydrogen (secondary N) is 2. The fourth-order valence-corrected chi connectivity index (χ4v) is 3.22. The number of esters is 1. The molecule has 1 heterocycles. The average molecular weight is 412 g/mol. The number of fused-ring (bicyclic) bond motifs is 1. The normalized spacial score (nSPS) is 13.4. The summed E-state index contributed by atoms with van der Waals surface area (Å²) >= 11 is 0. The SMILES string of the molecule is O=C(COC(=O)Cn1cnc2ccccc2c1=O)NC(=O)NCCC1=CCCCC1. The summed E-state index contributed by atoms with van der Waals surface area (Å²) in [5.41, 5.74) is 1.46. The lowest BCUT2D eigenvalue weighted by Crippen LogP contribution is -2.42. The highest BCUT2D eigenvalue weighted by molar-refractivity contribution is 5.95. The first-order valence-corrected chi connectivity index (χ1v) is 9.88. The molecule has 1 aliphatic rings. The van der Waals surface area contributed by atoms with Crippen molar-refractivity contribution in [1.29, 1.82) is 0 Å². The summed E-state index contributed by atoms with van der Waals surface area (Å²) in [4.78, 5) is 51.9. The maximum absolute atomic E-state index is 12.3. The molecule has 0 unspecified atom stereocenters. The molecule has 3 amide bonds. The molecule has 30 heavy (non-hydrogen) atoms. The van der Waals surface area contributed by atoms with Crippen molar-refractivity contribution in [2.24, 2.45) is 0 Å². The lowest BCUT2D eigenvalue weighted by molar-refractivity contribution is -0.148. The van der Waals surface area contributed by atoms with E-state index < -0.39 is 24.5 Å². The summed E-state index contributed by atoms with van der Waals surface area (Å²) in [6.45, 7) is -0.568. The van der Waals surface area contributed by atoms with E-state index in [1.54, 1.807) is 24.3 Å². The van der Waals surface area contributed by atoms with Gasteiger partial charge in [-0.15, -0.1) is 0 Å². The Labute approximate surface area is 173 Å². The Morgan fingerprint density at radius 3 is 2.80 bits per heavy atom. The van der Waals surface area contributed by atoms with Gasteiger partial charge in [0, 0.05) is 6.54 Å². The summed E-state index contributed by atoms with van der Waals surface area (Å²) in [5, 5.41) is 5.09. The van der Waals surface area contributed by atoms with Crippen LogP contribution < -0.4 is 16.2 Å². The van der Waals surface area contributed by atoms with Gasteiger partial charge in [-0.3, -0.25) is 24.3 Å². The molecule has 0 fully saturated rings. The Morgan fingerprint density at radius 1 is 1.17 bits per heavy atom. The molecule has 0 bridgehead atoms. The van der Waals surface area contributed by atoms with Crippen LogP contribution in [0.25, 0.3) is 10.9 Å². The van der Waals surface area contributed by atoms with E-state index in [2.05, 4.69) is 21.7 Å². The standard InChI is InChI=1S/C21H24N4O5/c26-18(24-21(29)22-11-10-15-6-2-1-3-7-15)13-30-19(27)12-25-14-23-17-9-5-4-8-16(17)20(25)28/h4-6,8-9,14H,1-3,7,10-13H2,(H2,22,24,26,29). The molecule has 2 N–H and O–H groups in total. The van der Waals surface area contributed by atoms with E-state index >= 15 is 0 Å². The topological polar surface area (TPSA) is 119 Å². The fraction of sp³-hybridized carbons (Fsp3) is 0.381. The summed E-state index contributed by atoms with van der Waals surface area (Å²) in [6, 6.07) is 6.14. The van der Waals surface area contributed by atoms with Crippen molar-refractivity contribution in [3.05, 3.63) is 52.6 Å². The van der Waals surface area contributed by atoms with Gasteiger partial charge in [0.2, 0.25) is 0 Å². The predicted octanol–water partition coefficient (Wildman–Crippen LogP) is 1.66. The number of rotatable bonds is 7. The Morgan fingerprint density at radius 2 is 2.00 bits per heavy atom. The van der Waals surface area contributed by atoms with Crippen LogP contribution in [0.3, 0.4) is 0 Å². The van der Waals surface area contributed by atoms with Crippen molar-refractivity contribution >= 4 is 28.8 Å². The van der Waals surface area contributed by atoms with Crippen LogP contribution >= 0.6 is 0 Å². The highest BCUT2D eigenvalue weighted by Gasteiger charge is 2.13. The number of allylic oxidation sites excluding steroid dienone is 1. The molecule has 0 radical (unpaired) electrons. The molecule has 1 aliphatic carbocycles. The van der Waals surface area contributed by atoms with E-state index in [0.29, 0.717) is 17.4 Å². The minimum absolute atomic E-state index is 0.380. The Balaban J connectivity index is 1.39.